The Morgan fingerprint density at radius 2 is 2.03 bits per heavy atom. The molecule has 0 spiro atoms. The van der Waals surface area contributed by atoms with E-state index in [2.05, 4.69) is 21.4 Å². The van der Waals surface area contributed by atoms with Gasteiger partial charge in [0, 0.05) is 31.3 Å². The minimum atomic E-state index is -1.11. The van der Waals surface area contributed by atoms with E-state index in [0.29, 0.717) is 35.2 Å². The maximum Gasteiger partial charge on any atom is 0.354 e. The summed E-state index contributed by atoms with van der Waals surface area (Å²) >= 11 is 0. The van der Waals surface area contributed by atoms with Gasteiger partial charge < -0.3 is 24.3 Å². The molecule has 30 heavy (non-hydrogen) atoms. The number of aromatic nitrogens is 2. The van der Waals surface area contributed by atoms with Crippen LogP contribution in [0.5, 0.6) is 17.2 Å². The third-order valence-electron chi connectivity index (χ3n) is 4.74. The van der Waals surface area contributed by atoms with Gasteiger partial charge in [-0.15, -0.1) is 0 Å². The predicted octanol–water partition coefficient (Wildman–Crippen LogP) is 4.26. The van der Waals surface area contributed by atoms with Crippen molar-refractivity contribution in [3.63, 3.8) is 0 Å². The zero-order valence-electron chi connectivity index (χ0n) is 15.8. The van der Waals surface area contributed by atoms with Crippen molar-refractivity contribution in [2.45, 2.75) is 13.0 Å². The highest BCUT2D eigenvalue weighted by atomic mass is 16.5. The van der Waals surface area contributed by atoms with E-state index in [1.54, 1.807) is 24.3 Å². The molecule has 150 valence electrons. The number of carboxylic acid groups (broad SMARTS) is 1. The molecule has 0 atom stereocenters. The highest BCUT2D eigenvalue weighted by Gasteiger charge is 2.13. The maximum absolute atomic E-state index is 11.0. The smallest absolute Gasteiger partial charge is 0.354 e. The Labute approximate surface area is 171 Å². The van der Waals surface area contributed by atoms with E-state index in [0.717, 1.165) is 24.3 Å². The first-order chi connectivity index (χ1) is 14.6. The maximum atomic E-state index is 11.0. The molecule has 5 rings (SSSR count). The van der Waals surface area contributed by atoms with Gasteiger partial charge in [0.1, 0.15) is 22.8 Å². The Kier molecular flexibility index (Phi) is 4.44. The van der Waals surface area contributed by atoms with Gasteiger partial charge in [-0.3, -0.25) is 0 Å². The number of hydrogen-bond acceptors (Lipinski definition) is 7. The third-order valence-corrected chi connectivity index (χ3v) is 4.74. The molecule has 3 heterocycles. The third kappa shape index (κ3) is 3.62. The lowest BCUT2D eigenvalue weighted by atomic mass is 10.1. The van der Waals surface area contributed by atoms with E-state index in [1.807, 2.05) is 12.1 Å². The van der Waals surface area contributed by atoms with E-state index >= 15 is 0 Å². The molecule has 2 aromatic heterocycles. The van der Waals surface area contributed by atoms with Gasteiger partial charge in [-0.2, -0.15) is 4.98 Å². The fourth-order valence-corrected chi connectivity index (χ4v) is 3.30. The Balaban J connectivity index is 1.30. The van der Waals surface area contributed by atoms with Crippen molar-refractivity contribution in [3.8, 4) is 17.2 Å². The van der Waals surface area contributed by atoms with Gasteiger partial charge in [0.2, 0.25) is 0 Å². The summed E-state index contributed by atoms with van der Waals surface area (Å²) in [5.41, 5.74) is 3.50. The number of aromatic carboxylic acids is 1. The molecule has 2 aromatic carbocycles. The zero-order chi connectivity index (χ0) is 20.5. The highest BCUT2D eigenvalue weighted by Crippen LogP contribution is 2.29. The van der Waals surface area contributed by atoms with Crippen molar-refractivity contribution in [2.24, 2.45) is 0 Å². The number of nitrogens with zero attached hydrogens (tertiary/aromatic N) is 2. The molecule has 0 saturated carbocycles. The monoisotopic (exact) mass is 403 g/mol. The molecule has 0 aliphatic carbocycles. The molecular weight excluding hydrogens is 386 g/mol. The molecule has 2 N–H and O–H groups in total. The lowest BCUT2D eigenvalue weighted by Gasteiger charge is -2.05. The normalized spacial score (nSPS) is 12.4. The molecule has 4 aromatic rings. The van der Waals surface area contributed by atoms with Gasteiger partial charge in [-0.05, 0) is 35.4 Å². The first-order valence-corrected chi connectivity index (χ1v) is 9.40. The molecule has 0 fully saturated rings. The Morgan fingerprint density at radius 3 is 2.93 bits per heavy atom. The summed E-state index contributed by atoms with van der Waals surface area (Å²) in [7, 11) is 0. The van der Waals surface area contributed by atoms with E-state index in [4.69, 9.17) is 19.0 Å². The van der Waals surface area contributed by atoms with Crippen LogP contribution >= 0.6 is 0 Å². The highest BCUT2D eigenvalue weighted by molar-refractivity contribution is 5.85. The second-order valence-corrected chi connectivity index (χ2v) is 6.83. The average Bonchev–Trinajstić information content (AvgIpc) is 3.38. The summed E-state index contributed by atoms with van der Waals surface area (Å²) in [6, 6.07) is 14.7. The number of nitrogens with one attached hydrogen (secondary N) is 1. The van der Waals surface area contributed by atoms with Crippen LogP contribution < -0.4 is 14.8 Å². The first kappa shape index (κ1) is 18.0. The minimum absolute atomic E-state index is 0.0853. The molecule has 0 bridgehead atoms. The number of oxazole rings is 1. The number of hydrogen-bond donors (Lipinski definition) is 2. The average molecular weight is 403 g/mol. The lowest BCUT2D eigenvalue weighted by Crippen LogP contribution is -1.99. The van der Waals surface area contributed by atoms with Crippen LogP contribution in [-0.4, -0.2) is 27.7 Å². The number of fused-ring (bicyclic) bond motifs is 2. The molecule has 1 aliphatic rings. The number of benzene rings is 2. The van der Waals surface area contributed by atoms with Crippen LogP contribution in [0.3, 0.4) is 0 Å². The quantitative estimate of drug-likeness (QED) is 0.492. The summed E-state index contributed by atoms with van der Waals surface area (Å²) in [6.07, 6.45) is 2.32. The van der Waals surface area contributed by atoms with E-state index < -0.39 is 5.97 Å². The van der Waals surface area contributed by atoms with E-state index in [1.165, 1.54) is 17.8 Å². The number of carboxylic acids is 1. The van der Waals surface area contributed by atoms with Gasteiger partial charge >= 0.3 is 5.97 Å². The van der Waals surface area contributed by atoms with Crippen LogP contribution in [0, 0.1) is 0 Å². The lowest BCUT2D eigenvalue weighted by molar-refractivity contribution is 0.0690. The van der Waals surface area contributed by atoms with Crippen molar-refractivity contribution in [1.82, 2.24) is 9.97 Å². The SMILES string of the molecule is O=C(O)c1cc(Oc2ccc3nc(NCc4ccc5c(c4)CCO5)oc3c2)ccn1. The summed E-state index contributed by atoms with van der Waals surface area (Å²) in [5.74, 6) is 0.724. The number of pyridine rings is 1. The summed E-state index contributed by atoms with van der Waals surface area (Å²) in [4.78, 5) is 19.3. The topological polar surface area (TPSA) is 107 Å². The van der Waals surface area contributed by atoms with Gasteiger partial charge in [-0.25, -0.2) is 9.78 Å². The summed E-state index contributed by atoms with van der Waals surface area (Å²) in [6.45, 7) is 1.32. The minimum Gasteiger partial charge on any atom is -0.493 e. The van der Waals surface area contributed by atoms with Crippen LogP contribution in [0.1, 0.15) is 21.6 Å². The molecule has 1 aliphatic heterocycles. The number of anilines is 1. The van der Waals surface area contributed by atoms with Crippen LogP contribution in [-0.2, 0) is 13.0 Å². The number of rotatable bonds is 6. The van der Waals surface area contributed by atoms with Crippen molar-refractivity contribution in [2.75, 3.05) is 11.9 Å². The molecule has 0 amide bonds. The van der Waals surface area contributed by atoms with E-state index in [9.17, 15) is 4.79 Å². The number of ether oxygens (including phenoxy) is 2. The first-order valence-electron chi connectivity index (χ1n) is 9.40. The Morgan fingerprint density at radius 1 is 1.13 bits per heavy atom. The summed E-state index contributed by atoms with van der Waals surface area (Å²) in [5, 5.41) is 12.2. The van der Waals surface area contributed by atoms with Crippen molar-refractivity contribution in [1.29, 1.82) is 0 Å². The molecule has 0 unspecified atom stereocenters. The van der Waals surface area contributed by atoms with Gasteiger partial charge in [0.25, 0.3) is 6.01 Å². The second kappa shape index (κ2) is 7.40. The largest absolute Gasteiger partial charge is 0.493 e. The van der Waals surface area contributed by atoms with E-state index in [-0.39, 0.29) is 5.69 Å². The molecule has 0 radical (unpaired) electrons. The number of carbonyl (C=O) groups is 1. The standard InChI is InChI=1S/C22H17N3O5/c26-21(27)18-10-16(5-7-23-18)29-15-2-3-17-20(11-15)30-22(25-17)24-12-13-1-4-19-14(9-13)6-8-28-19/h1-5,7,9-11H,6,8,12H2,(H,24,25)(H,26,27). The fraction of sp³-hybridized carbons (Fsp3) is 0.136. The van der Waals surface area contributed by atoms with Crippen LogP contribution in [0.25, 0.3) is 11.1 Å². The molecule has 8 nitrogen and oxygen atoms in total. The zero-order valence-corrected chi connectivity index (χ0v) is 15.8. The van der Waals surface area contributed by atoms with Crippen LogP contribution in [0.4, 0.5) is 6.01 Å². The van der Waals surface area contributed by atoms with Gasteiger partial charge in [0.15, 0.2) is 11.3 Å². The Hall–Kier alpha value is -4.07. The van der Waals surface area contributed by atoms with Crippen molar-refractivity contribution < 1.29 is 23.8 Å². The van der Waals surface area contributed by atoms with Gasteiger partial charge in [-0.1, -0.05) is 12.1 Å². The second-order valence-electron chi connectivity index (χ2n) is 6.83. The summed E-state index contributed by atoms with van der Waals surface area (Å²) < 4.78 is 17.1. The van der Waals surface area contributed by atoms with Crippen LogP contribution in [0.2, 0.25) is 0 Å². The van der Waals surface area contributed by atoms with Crippen molar-refractivity contribution in [3.05, 3.63) is 71.5 Å². The fourth-order valence-electron chi connectivity index (χ4n) is 3.30. The van der Waals surface area contributed by atoms with Gasteiger partial charge in [0.05, 0.1) is 6.61 Å². The molecule has 8 heteroatoms. The molecule has 0 saturated heterocycles. The van der Waals surface area contributed by atoms with Crippen molar-refractivity contribution >= 4 is 23.1 Å². The molecular formula is C22H17N3O5. The van der Waals surface area contributed by atoms with Crippen LogP contribution in [0.15, 0.2) is 59.1 Å². The Bertz CT molecular complexity index is 1250. The predicted molar refractivity (Wildman–Crippen MR) is 108 cm³/mol.